The molecule has 0 aliphatic heterocycles. The van der Waals surface area contributed by atoms with E-state index in [1.54, 1.807) is 6.07 Å². The Hall–Kier alpha value is -1.33. The highest BCUT2D eigenvalue weighted by atomic mass is 35.7. The first-order valence-electron chi connectivity index (χ1n) is 6.45. The van der Waals surface area contributed by atoms with Crippen molar-refractivity contribution in [2.45, 2.75) is 24.2 Å². The predicted octanol–water partition coefficient (Wildman–Crippen LogP) is 2.70. The molecule has 1 N–H and O–H groups in total. The molecule has 6 heteroatoms. The first-order valence-corrected chi connectivity index (χ1v) is 8.75. The van der Waals surface area contributed by atoms with E-state index in [9.17, 15) is 13.2 Å². The summed E-state index contributed by atoms with van der Waals surface area (Å²) in [5.41, 5.74) is 0.304. The highest BCUT2D eigenvalue weighted by Crippen LogP contribution is 2.18. The maximum absolute atomic E-state index is 12.0. The second-order valence-electron chi connectivity index (χ2n) is 4.83. The zero-order valence-corrected chi connectivity index (χ0v) is 12.5. The second kappa shape index (κ2) is 6.41. The summed E-state index contributed by atoms with van der Waals surface area (Å²) in [6, 6.07) is 5.73. The molecule has 0 heterocycles. The van der Waals surface area contributed by atoms with Crippen LogP contribution in [0.4, 0.5) is 0 Å². The molecule has 0 spiro atoms. The van der Waals surface area contributed by atoms with E-state index in [0.29, 0.717) is 18.0 Å². The molecule has 0 bridgehead atoms. The summed E-state index contributed by atoms with van der Waals surface area (Å²) < 4.78 is 22.5. The Morgan fingerprint density at radius 3 is 2.80 bits per heavy atom. The molecule has 0 fully saturated rings. The van der Waals surface area contributed by atoms with Crippen molar-refractivity contribution in [3.63, 3.8) is 0 Å². The number of nitrogens with one attached hydrogen (secondary N) is 1. The zero-order valence-electron chi connectivity index (χ0n) is 10.9. The van der Waals surface area contributed by atoms with Gasteiger partial charge in [-0.25, -0.2) is 8.42 Å². The number of halogens is 1. The summed E-state index contributed by atoms with van der Waals surface area (Å²) in [5, 5.41) is 2.84. The van der Waals surface area contributed by atoms with Crippen molar-refractivity contribution >= 4 is 25.6 Å². The Bertz CT molecular complexity index is 625. The Balaban J connectivity index is 2.00. The molecule has 1 amide bonds. The largest absolute Gasteiger partial charge is 0.352 e. The fraction of sp³-hybridized carbons (Fsp3) is 0.357. The molecule has 108 valence electrons. The van der Waals surface area contributed by atoms with E-state index in [1.165, 1.54) is 18.2 Å². The van der Waals surface area contributed by atoms with E-state index < -0.39 is 9.05 Å². The average molecular weight is 314 g/mol. The van der Waals surface area contributed by atoms with Crippen LogP contribution in [-0.4, -0.2) is 20.9 Å². The highest BCUT2D eigenvalue weighted by molar-refractivity contribution is 8.13. The van der Waals surface area contributed by atoms with Crippen LogP contribution in [0.25, 0.3) is 0 Å². The first-order chi connectivity index (χ1) is 9.47. The van der Waals surface area contributed by atoms with Crippen molar-refractivity contribution < 1.29 is 13.2 Å². The summed E-state index contributed by atoms with van der Waals surface area (Å²) in [6.45, 7) is 0.598. The minimum atomic E-state index is -3.81. The molecule has 0 saturated carbocycles. The average Bonchev–Trinajstić information content (AvgIpc) is 2.45. The van der Waals surface area contributed by atoms with Gasteiger partial charge in [-0.15, -0.1) is 0 Å². The van der Waals surface area contributed by atoms with Crippen LogP contribution < -0.4 is 5.32 Å². The minimum Gasteiger partial charge on any atom is -0.352 e. The van der Waals surface area contributed by atoms with E-state index in [0.717, 1.165) is 19.3 Å². The summed E-state index contributed by atoms with van der Waals surface area (Å²) in [5.74, 6) is 0.172. The Kier molecular flexibility index (Phi) is 4.83. The van der Waals surface area contributed by atoms with E-state index in [1.807, 2.05) is 0 Å². The Morgan fingerprint density at radius 1 is 1.35 bits per heavy atom. The van der Waals surface area contributed by atoms with Gasteiger partial charge in [0.2, 0.25) is 0 Å². The van der Waals surface area contributed by atoms with Gasteiger partial charge in [0.05, 0.1) is 4.90 Å². The van der Waals surface area contributed by atoms with Crippen molar-refractivity contribution in [3.05, 3.63) is 42.0 Å². The van der Waals surface area contributed by atoms with Gasteiger partial charge in [0.25, 0.3) is 15.0 Å². The first kappa shape index (κ1) is 15.1. The van der Waals surface area contributed by atoms with Crippen LogP contribution in [-0.2, 0) is 9.05 Å². The van der Waals surface area contributed by atoms with Crippen LogP contribution in [0.2, 0.25) is 0 Å². The smallest absolute Gasteiger partial charge is 0.261 e. The molecule has 2 rings (SSSR count). The monoisotopic (exact) mass is 313 g/mol. The van der Waals surface area contributed by atoms with E-state index in [4.69, 9.17) is 10.7 Å². The summed E-state index contributed by atoms with van der Waals surface area (Å²) in [7, 11) is 1.46. The molecule has 0 radical (unpaired) electrons. The number of allylic oxidation sites excluding steroid dienone is 2. The molecule has 0 saturated heterocycles. The normalized spacial score (nSPS) is 18.8. The lowest BCUT2D eigenvalue weighted by Crippen LogP contribution is -2.29. The standard InChI is InChI=1S/C14H16ClNO3S/c15-20(18,19)13-8-4-7-12(9-13)14(17)16-10-11-5-2-1-3-6-11/h1-2,4,7-9,11H,3,5-6,10H2,(H,16,17). The van der Waals surface area contributed by atoms with Crippen molar-refractivity contribution in [2.75, 3.05) is 6.54 Å². The SMILES string of the molecule is O=C(NCC1CC=CCC1)c1cccc(S(=O)(=O)Cl)c1. The molecule has 1 atom stereocenters. The van der Waals surface area contributed by atoms with Gasteiger partial charge in [-0.3, -0.25) is 4.79 Å². The topological polar surface area (TPSA) is 63.2 Å². The van der Waals surface area contributed by atoms with Crippen molar-refractivity contribution in [1.29, 1.82) is 0 Å². The third-order valence-corrected chi connectivity index (χ3v) is 4.66. The molecular formula is C14H16ClNO3S. The fourth-order valence-electron chi connectivity index (χ4n) is 2.17. The van der Waals surface area contributed by atoms with E-state index in [-0.39, 0.29) is 10.8 Å². The molecule has 20 heavy (non-hydrogen) atoms. The molecule has 0 aromatic heterocycles. The quantitative estimate of drug-likeness (QED) is 0.686. The molecule has 1 unspecified atom stereocenters. The summed E-state index contributed by atoms with van der Waals surface area (Å²) in [4.78, 5) is 11.9. The van der Waals surface area contributed by atoms with Gasteiger partial charge in [0, 0.05) is 22.8 Å². The molecule has 1 aromatic rings. The third-order valence-electron chi connectivity index (χ3n) is 3.31. The van der Waals surface area contributed by atoms with Gasteiger partial charge in [0.15, 0.2) is 0 Å². The minimum absolute atomic E-state index is 0.0626. The highest BCUT2D eigenvalue weighted by Gasteiger charge is 2.15. The van der Waals surface area contributed by atoms with Gasteiger partial charge >= 0.3 is 0 Å². The van der Waals surface area contributed by atoms with Crippen LogP contribution >= 0.6 is 10.7 Å². The predicted molar refractivity (Wildman–Crippen MR) is 78.3 cm³/mol. The summed E-state index contributed by atoms with van der Waals surface area (Å²) in [6.07, 6.45) is 7.35. The number of rotatable bonds is 4. The number of amides is 1. The Morgan fingerprint density at radius 2 is 2.15 bits per heavy atom. The van der Waals surface area contributed by atoms with E-state index >= 15 is 0 Å². The maximum atomic E-state index is 12.0. The zero-order chi connectivity index (χ0) is 14.6. The van der Waals surface area contributed by atoms with Crippen LogP contribution in [0.15, 0.2) is 41.3 Å². The number of carbonyl (C=O) groups is 1. The van der Waals surface area contributed by atoms with Crippen molar-refractivity contribution in [1.82, 2.24) is 5.32 Å². The number of hydrogen-bond donors (Lipinski definition) is 1. The van der Waals surface area contributed by atoms with Crippen LogP contribution in [0.5, 0.6) is 0 Å². The molecular weight excluding hydrogens is 298 g/mol. The van der Waals surface area contributed by atoms with Crippen molar-refractivity contribution in [2.24, 2.45) is 5.92 Å². The van der Waals surface area contributed by atoms with E-state index in [2.05, 4.69) is 17.5 Å². The number of hydrogen-bond acceptors (Lipinski definition) is 3. The van der Waals surface area contributed by atoms with Crippen LogP contribution in [0.3, 0.4) is 0 Å². The van der Waals surface area contributed by atoms with Crippen LogP contribution in [0, 0.1) is 5.92 Å². The molecule has 1 aliphatic carbocycles. The van der Waals surface area contributed by atoms with Crippen LogP contribution in [0.1, 0.15) is 29.6 Å². The van der Waals surface area contributed by atoms with Gasteiger partial charge in [-0.1, -0.05) is 18.2 Å². The fourth-order valence-corrected chi connectivity index (χ4v) is 2.97. The van der Waals surface area contributed by atoms with Gasteiger partial charge in [0.1, 0.15) is 0 Å². The molecule has 4 nitrogen and oxygen atoms in total. The van der Waals surface area contributed by atoms with Gasteiger partial charge < -0.3 is 5.32 Å². The number of benzene rings is 1. The summed E-state index contributed by atoms with van der Waals surface area (Å²) >= 11 is 0. The second-order valence-corrected chi connectivity index (χ2v) is 7.39. The lowest BCUT2D eigenvalue weighted by atomic mass is 9.94. The number of carbonyl (C=O) groups excluding carboxylic acids is 1. The Labute approximate surface area is 123 Å². The van der Waals surface area contributed by atoms with Crippen molar-refractivity contribution in [3.8, 4) is 0 Å². The molecule has 1 aliphatic rings. The van der Waals surface area contributed by atoms with Gasteiger partial charge in [-0.05, 0) is 43.4 Å². The maximum Gasteiger partial charge on any atom is 0.261 e. The van der Waals surface area contributed by atoms with Gasteiger partial charge in [-0.2, -0.15) is 0 Å². The lowest BCUT2D eigenvalue weighted by molar-refractivity contribution is 0.0946. The molecule has 1 aromatic carbocycles. The third kappa shape index (κ3) is 4.08. The lowest BCUT2D eigenvalue weighted by Gasteiger charge is -2.18.